The summed E-state index contributed by atoms with van der Waals surface area (Å²) in [6, 6.07) is 2.83. The molecule has 1 aromatic heterocycles. The number of anilines is 1. The van der Waals surface area contributed by atoms with Gasteiger partial charge in [0.05, 0.1) is 12.1 Å². The number of halogens is 4. The van der Waals surface area contributed by atoms with Gasteiger partial charge < -0.3 is 5.32 Å². The smallest absolute Gasteiger partial charge is 0.379 e. The molecule has 102 valence electrons. The van der Waals surface area contributed by atoms with Crippen LogP contribution >= 0.6 is 11.3 Å². The van der Waals surface area contributed by atoms with Gasteiger partial charge >= 0.3 is 6.18 Å². The van der Waals surface area contributed by atoms with Crippen molar-refractivity contribution in [3.63, 3.8) is 0 Å². The molecule has 0 radical (unpaired) electrons. The first-order valence-corrected chi connectivity index (χ1v) is 6.26. The molecule has 1 heterocycles. The first-order chi connectivity index (χ1) is 8.86. The Morgan fingerprint density at radius 3 is 2.63 bits per heavy atom. The molecule has 0 unspecified atom stereocenters. The van der Waals surface area contributed by atoms with Crippen molar-refractivity contribution < 1.29 is 17.6 Å². The average molecular weight is 290 g/mol. The van der Waals surface area contributed by atoms with Crippen molar-refractivity contribution in [3.8, 4) is 0 Å². The molecular weight excluding hydrogens is 280 g/mol. The highest BCUT2D eigenvalue weighted by atomic mass is 32.1. The van der Waals surface area contributed by atoms with E-state index >= 15 is 0 Å². The zero-order valence-electron chi connectivity index (χ0n) is 9.88. The first kappa shape index (κ1) is 13.8. The Morgan fingerprint density at radius 2 is 2.05 bits per heavy atom. The summed E-state index contributed by atoms with van der Waals surface area (Å²) in [4.78, 5) is 4.17. The Hall–Kier alpha value is -1.63. The summed E-state index contributed by atoms with van der Waals surface area (Å²) in [6.07, 6.45) is -4.69. The van der Waals surface area contributed by atoms with E-state index in [2.05, 4.69) is 10.3 Å². The minimum atomic E-state index is -4.69. The van der Waals surface area contributed by atoms with Gasteiger partial charge in [-0.1, -0.05) is 0 Å². The van der Waals surface area contributed by atoms with Crippen LogP contribution in [-0.2, 0) is 12.7 Å². The van der Waals surface area contributed by atoms with Crippen LogP contribution in [0.15, 0.2) is 23.6 Å². The Balaban J connectivity index is 2.13. The van der Waals surface area contributed by atoms with Gasteiger partial charge in [0.25, 0.3) is 0 Å². The molecule has 2 rings (SSSR count). The summed E-state index contributed by atoms with van der Waals surface area (Å²) >= 11 is 1.41. The van der Waals surface area contributed by atoms with Gasteiger partial charge in [-0.25, -0.2) is 9.37 Å². The van der Waals surface area contributed by atoms with E-state index in [0.717, 1.165) is 22.8 Å². The Bertz CT molecular complexity index is 577. The van der Waals surface area contributed by atoms with Crippen molar-refractivity contribution in [1.82, 2.24) is 4.98 Å². The van der Waals surface area contributed by atoms with Crippen molar-refractivity contribution in [2.24, 2.45) is 0 Å². The quantitative estimate of drug-likeness (QED) is 0.856. The molecule has 0 aliphatic carbocycles. The van der Waals surface area contributed by atoms with Crippen LogP contribution in [0.3, 0.4) is 0 Å². The molecule has 19 heavy (non-hydrogen) atoms. The molecule has 0 saturated heterocycles. The van der Waals surface area contributed by atoms with Crippen molar-refractivity contribution >= 4 is 17.0 Å². The standard InChI is InChI=1S/C12H10F4N2S/c1-7-6-19-11(18-7)5-17-8-2-3-10(13)9(4-8)12(14,15)16/h2-4,6,17H,5H2,1H3. The second kappa shape index (κ2) is 5.16. The van der Waals surface area contributed by atoms with Gasteiger partial charge in [0.15, 0.2) is 0 Å². The zero-order valence-corrected chi connectivity index (χ0v) is 10.7. The van der Waals surface area contributed by atoms with Gasteiger partial charge in [-0.2, -0.15) is 13.2 Å². The van der Waals surface area contributed by atoms with E-state index in [9.17, 15) is 17.6 Å². The largest absolute Gasteiger partial charge is 0.419 e. The molecule has 0 fully saturated rings. The van der Waals surface area contributed by atoms with Crippen LogP contribution in [-0.4, -0.2) is 4.98 Å². The predicted octanol–water partition coefficient (Wildman–Crippen LogP) is 4.22. The van der Waals surface area contributed by atoms with Crippen LogP contribution in [0.2, 0.25) is 0 Å². The van der Waals surface area contributed by atoms with E-state index in [1.54, 1.807) is 0 Å². The van der Waals surface area contributed by atoms with Crippen molar-refractivity contribution in [1.29, 1.82) is 0 Å². The summed E-state index contributed by atoms with van der Waals surface area (Å²) in [5.41, 5.74) is -0.203. The number of benzene rings is 1. The number of hydrogen-bond acceptors (Lipinski definition) is 3. The number of nitrogens with zero attached hydrogens (tertiary/aromatic N) is 1. The van der Waals surface area contributed by atoms with Gasteiger partial charge in [-0.3, -0.25) is 0 Å². The fourth-order valence-corrected chi connectivity index (χ4v) is 2.23. The number of hydrogen-bond donors (Lipinski definition) is 1. The third-order valence-corrected chi connectivity index (χ3v) is 3.35. The molecule has 7 heteroatoms. The van der Waals surface area contributed by atoms with Crippen LogP contribution in [0.1, 0.15) is 16.3 Å². The summed E-state index contributed by atoms with van der Waals surface area (Å²) in [7, 11) is 0. The molecule has 1 aromatic carbocycles. The van der Waals surface area contributed by atoms with Crippen molar-refractivity contribution in [2.75, 3.05) is 5.32 Å². The van der Waals surface area contributed by atoms with E-state index in [1.165, 1.54) is 17.4 Å². The molecule has 0 saturated carbocycles. The van der Waals surface area contributed by atoms with Crippen LogP contribution in [0.4, 0.5) is 23.2 Å². The molecule has 0 amide bonds. The molecule has 0 bridgehead atoms. The SMILES string of the molecule is Cc1csc(CNc2ccc(F)c(C(F)(F)F)c2)n1. The second-order valence-corrected chi connectivity index (χ2v) is 4.87. The number of nitrogens with one attached hydrogen (secondary N) is 1. The van der Waals surface area contributed by atoms with E-state index in [-0.39, 0.29) is 5.69 Å². The predicted molar refractivity (Wildman–Crippen MR) is 65.6 cm³/mol. The zero-order chi connectivity index (χ0) is 14.0. The number of alkyl halides is 3. The molecule has 1 N–H and O–H groups in total. The van der Waals surface area contributed by atoms with Gasteiger partial charge in [0.1, 0.15) is 10.8 Å². The summed E-state index contributed by atoms with van der Waals surface area (Å²) in [5, 5.41) is 5.40. The lowest BCUT2D eigenvalue weighted by Gasteiger charge is -2.11. The topological polar surface area (TPSA) is 24.9 Å². The maximum Gasteiger partial charge on any atom is 0.419 e. The van der Waals surface area contributed by atoms with Gasteiger partial charge in [-0.15, -0.1) is 11.3 Å². The van der Waals surface area contributed by atoms with E-state index in [4.69, 9.17) is 0 Å². The second-order valence-electron chi connectivity index (χ2n) is 3.93. The minimum Gasteiger partial charge on any atom is -0.379 e. The van der Waals surface area contributed by atoms with Crippen LogP contribution in [0.25, 0.3) is 0 Å². The van der Waals surface area contributed by atoms with Crippen LogP contribution in [0.5, 0.6) is 0 Å². The highest BCUT2D eigenvalue weighted by Gasteiger charge is 2.34. The number of rotatable bonds is 3. The first-order valence-electron chi connectivity index (χ1n) is 5.38. The lowest BCUT2D eigenvalue weighted by atomic mass is 10.2. The molecular formula is C12H10F4N2S. The number of thiazole rings is 1. The molecule has 0 spiro atoms. The molecule has 0 aliphatic heterocycles. The minimum absolute atomic E-state index is 0.210. The summed E-state index contributed by atoms with van der Waals surface area (Å²) in [6.45, 7) is 2.14. The summed E-state index contributed by atoms with van der Waals surface area (Å²) < 4.78 is 50.6. The fraction of sp³-hybridized carbons (Fsp3) is 0.250. The monoisotopic (exact) mass is 290 g/mol. The van der Waals surface area contributed by atoms with Gasteiger partial charge in [0, 0.05) is 16.8 Å². The number of aromatic nitrogens is 1. The van der Waals surface area contributed by atoms with Crippen molar-refractivity contribution in [2.45, 2.75) is 19.6 Å². The maximum absolute atomic E-state index is 13.1. The van der Waals surface area contributed by atoms with Crippen LogP contribution < -0.4 is 5.32 Å². The third-order valence-electron chi connectivity index (χ3n) is 2.38. The Morgan fingerprint density at radius 1 is 1.32 bits per heavy atom. The highest BCUT2D eigenvalue weighted by molar-refractivity contribution is 7.09. The lowest BCUT2D eigenvalue weighted by Crippen LogP contribution is -2.09. The summed E-state index contributed by atoms with van der Waals surface area (Å²) in [5.74, 6) is -1.27. The average Bonchev–Trinajstić information content (AvgIpc) is 2.72. The van der Waals surface area contributed by atoms with E-state index in [1.807, 2.05) is 12.3 Å². The normalized spacial score (nSPS) is 11.6. The molecule has 2 nitrogen and oxygen atoms in total. The highest BCUT2D eigenvalue weighted by Crippen LogP contribution is 2.33. The van der Waals surface area contributed by atoms with Crippen LogP contribution in [0, 0.1) is 12.7 Å². The molecule has 2 aromatic rings. The van der Waals surface area contributed by atoms with Gasteiger partial charge in [-0.05, 0) is 25.1 Å². The maximum atomic E-state index is 13.1. The van der Waals surface area contributed by atoms with E-state index in [0.29, 0.717) is 6.54 Å². The van der Waals surface area contributed by atoms with E-state index < -0.39 is 17.6 Å². The lowest BCUT2D eigenvalue weighted by molar-refractivity contribution is -0.139. The van der Waals surface area contributed by atoms with Crippen molar-refractivity contribution in [3.05, 3.63) is 45.7 Å². The third kappa shape index (κ3) is 3.44. The fourth-order valence-electron chi connectivity index (χ4n) is 1.51. The Labute approximate surface area is 111 Å². The molecule has 0 aliphatic rings. The number of aryl methyl sites for hydroxylation is 1. The molecule has 0 atom stereocenters. The van der Waals surface area contributed by atoms with Gasteiger partial charge in [0.2, 0.25) is 0 Å². The Kier molecular flexibility index (Phi) is 3.75.